The van der Waals surface area contributed by atoms with Crippen LogP contribution >= 0.6 is 0 Å². The van der Waals surface area contributed by atoms with E-state index in [9.17, 15) is 0 Å². The van der Waals surface area contributed by atoms with Crippen LogP contribution in [0.4, 0.5) is 11.6 Å². The summed E-state index contributed by atoms with van der Waals surface area (Å²) in [6.07, 6.45) is 3.66. The van der Waals surface area contributed by atoms with Crippen LogP contribution in [-0.4, -0.2) is 23.6 Å². The molecule has 1 aliphatic rings. The van der Waals surface area contributed by atoms with E-state index in [1.54, 1.807) is 0 Å². The molecular formula is C14H24N4. The summed E-state index contributed by atoms with van der Waals surface area (Å²) >= 11 is 0. The number of anilines is 2. The van der Waals surface area contributed by atoms with E-state index in [1.807, 2.05) is 7.05 Å². The van der Waals surface area contributed by atoms with Crippen LogP contribution in [0, 0.1) is 18.8 Å². The maximum atomic E-state index is 4.59. The molecule has 0 aliphatic heterocycles. The summed E-state index contributed by atoms with van der Waals surface area (Å²) in [5, 5.41) is 6.63. The van der Waals surface area contributed by atoms with Crippen molar-refractivity contribution in [3.05, 3.63) is 11.4 Å². The van der Waals surface area contributed by atoms with Gasteiger partial charge in [-0.1, -0.05) is 13.8 Å². The van der Waals surface area contributed by atoms with E-state index < -0.39 is 0 Å². The van der Waals surface area contributed by atoms with Gasteiger partial charge < -0.3 is 10.6 Å². The molecule has 4 heteroatoms. The second kappa shape index (κ2) is 5.55. The van der Waals surface area contributed by atoms with Crippen LogP contribution in [0.15, 0.2) is 0 Å². The molecule has 1 fully saturated rings. The van der Waals surface area contributed by atoms with Crippen LogP contribution in [0.1, 0.15) is 38.1 Å². The Balaban J connectivity index is 2.09. The van der Waals surface area contributed by atoms with Crippen molar-refractivity contribution in [2.45, 2.75) is 40.0 Å². The minimum Gasteiger partial charge on any atom is -0.373 e. The van der Waals surface area contributed by atoms with Crippen LogP contribution in [0.2, 0.25) is 0 Å². The molecule has 1 saturated carbocycles. The predicted molar refractivity (Wildman–Crippen MR) is 76.1 cm³/mol. The van der Waals surface area contributed by atoms with Crippen molar-refractivity contribution in [3.8, 4) is 0 Å². The van der Waals surface area contributed by atoms with E-state index in [0.717, 1.165) is 47.8 Å². The Labute approximate surface area is 110 Å². The summed E-state index contributed by atoms with van der Waals surface area (Å²) < 4.78 is 0. The zero-order valence-electron chi connectivity index (χ0n) is 11.9. The Morgan fingerprint density at radius 3 is 2.50 bits per heavy atom. The molecule has 2 N–H and O–H groups in total. The number of aryl methyl sites for hydroxylation is 1. The lowest BCUT2D eigenvalue weighted by Gasteiger charge is -2.16. The summed E-state index contributed by atoms with van der Waals surface area (Å²) in [5.41, 5.74) is 1.11. The zero-order valence-corrected chi connectivity index (χ0v) is 11.9. The third kappa shape index (κ3) is 2.92. The first-order valence-corrected chi connectivity index (χ1v) is 6.94. The fourth-order valence-electron chi connectivity index (χ4n) is 2.23. The normalized spacial score (nSPS) is 16.4. The van der Waals surface area contributed by atoms with Gasteiger partial charge in [0.1, 0.15) is 17.5 Å². The van der Waals surface area contributed by atoms with Crippen LogP contribution < -0.4 is 10.6 Å². The molecule has 100 valence electrons. The van der Waals surface area contributed by atoms with E-state index in [1.165, 1.54) is 12.8 Å². The van der Waals surface area contributed by atoms with Crippen molar-refractivity contribution in [3.63, 3.8) is 0 Å². The highest BCUT2D eigenvalue weighted by molar-refractivity contribution is 5.57. The van der Waals surface area contributed by atoms with E-state index in [0.29, 0.717) is 0 Å². The summed E-state index contributed by atoms with van der Waals surface area (Å²) in [5.74, 6) is 4.48. The van der Waals surface area contributed by atoms with Crippen LogP contribution in [0.3, 0.4) is 0 Å². The molecule has 0 radical (unpaired) electrons. The molecule has 0 aromatic carbocycles. The topological polar surface area (TPSA) is 49.8 Å². The summed E-state index contributed by atoms with van der Waals surface area (Å²) in [7, 11) is 1.91. The van der Waals surface area contributed by atoms with Gasteiger partial charge in [-0.05, 0) is 31.6 Å². The summed E-state index contributed by atoms with van der Waals surface area (Å²) in [6, 6.07) is 0. The number of rotatable bonds is 6. The highest BCUT2D eigenvalue weighted by atomic mass is 15.1. The molecule has 0 bridgehead atoms. The first-order chi connectivity index (χ1) is 8.65. The number of hydrogen-bond donors (Lipinski definition) is 2. The maximum absolute atomic E-state index is 4.59. The first-order valence-electron chi connectivity index (χ1n) is 6.94. The van der Waals surface area contributed by atoms with E-state index in [4.69, 9.17) is 0 Å². The van der Waals surface area contributed by atoms with Gasteiger partial charge in [0.05, 0.1) is 0 Å². The molecule has 1 aromatic rings. The first kappa shape index (κ1) is 13.1. The van der Waals surface area contributed by atoms with Gasteiger partial charge in [-0.2, -0.15) is 0 Å². The lowest BCUT2D eigenvalue weighted by atomic mass is 10.1. The third-order valence-corrected chi connectivity index (χ3v) is 3.76. The quantitative estimate of drug-likeness (QED) is 0.813. The minimum atomic E-state index is 0.738. The monoisotopic (exact) mass is 248 g/mol. The van der Waals surface area contributed by atoms with Gasteiger partial charge >= 0.3 is 0 Å². The SMILES string of the molecule is CCc1nc(NC)c(C)c(NCC(C)C2CC2)n1. The minimum absolute atomic E-state index is 0.738. The molecule has 1 aromatic heterocycles. The number of nitrogens with zero attached hydrogens (tertiary/aromatic N) is 2. The molecule has 1 heterocycles. The van der Waals surface area contributed by atoms with Crippen molar-refractivity contribution < 1.29 is 0 Å². The van der Waals surface area contributed by atoms with Crippen molar-refractivity contribution >= 4 is 11.6 Å². The number of aromatic nitrogens is 2. The van der Waals surface area contributed by atoms with Crippen LogP contribution in [0.25, 0.3) is 0 Å². The molecule has 18 heavy (non-hydrogen) atoms. The van der Waals surface area contributed by atoms with Gasteiger partial charge in [-0.25, -0.2) is 9.97 Å². The predicted octanol–water partition coefficient (Wildman–Crippen LogP) is 2.85. The Morgan fingerprint density at radius 2 is 1.94 bits per heavy atom. The average molecular weight is 248 g/mol. The highest BCUT2D eigenvalue weighted by Gasteiger charge is 2.27. The van der Waals surface area contributed by atoms with Gasteiger partial charge in [-0.3, -0.25) is 0 Å². The van der Waals surface area contributed by atoms with E-state index >= 15 is 0 Å². The van der Waals surface area contributed by atoms with E-state index in [2.05, 4.69) is 41.4 Å². The molecule has 1 atom stereocenters. The molecule has 1 unspecified atom stereocenters. The summed E-state index contributed by atoms with van der Waals surface area (Å²) in [4.78, 5) is 9.07. The Morgan fingerprint density at radius 1 is 1.28 bits per heavy atom. The number of hydrogen-bond acceptors (Lipinski definition) is 4. The van der Waals surface area contributed by atoms with Crippen LogP contribution in [-0.2, 0) is 6.42 Å². The molecule has 0 amide bonds. The van der Waals surface area contributed by atoms with Gasteiger partial charge in [0.2, 0.25) is 0 Å². The average Bonchev–Trinajstić information content (AvgIpc) is 3.21. The van der Waals surface area contributed by atoms with Crippen molar-refractivity contribution in [1.29, 1.82) is 0 Å². The van der Waals surface area contributed by atoms with E-state index in [-0.39, 0.29) is 0 Å². The van der Waals surface area contributed by atoms with Gasteiger partial charge in [-0.15, -0.1) is 0 Å². The Kier molecular flexibility index (Phi) is 4.04. The summed E-state index contributed by atoms with van der Waals surface area (Å²) in [6.45, 7) is 7.48. The highest BCUT2D eigenvalue weighted by Crippen LogP contribution is 2.36. The second-order valence-electron chi connectivity index (χ2n) is 5.26. The number of nitrogens with one attached hydrogen (secondary N) is 2. The van der Waals surface area contributed by atoms with Gasteiger partial charge in [0.15, 0.2) is 0 Å². The molecule has 2 rings (SSSR count). The third-order valence-electron chi connectivity index (χ3n) is 3.76. The zero-order chi connectivity index (χ0) is 13.1. The van der Waals surface area contributed by atoms with Crippen LogP contribution in [0.5, 0.6) is 0 Å². The smallest absolute Gasteiger partial charge is 0.134 e. The fourth-order valence-corrected chi connectivity index (χ4v) is 2.23. The van der Waals surface area contributed by atoms with Crippen molar-refractivity contribution in [1.82, 2.24) is 9.97 Å². The second-order valence-corrected chi connectivity index (χ2v) is 5.26. The van der Waals surface area contributed by atoms with Crippen molar-refractivity contribution in [2.24, 2.45) is 11.8 Å². The molecule has 1 aliphatic carbocycles. The fraction of sp³-hybridized carbons (Fsp3) is 0.714. The molecule has 0 saturated heterocycles. The lowest BCUT2D eigenvalue weighted by Crippen LogP contribution is -2.16. The standard InChI is InChI=1S/C14H24N4/c1-5-12-17-13(15-4)10(3)14(18-12)16-8-9(2)11-6-7-11/h9,11H,5-8H2,1-4H3,(H2,15,16,17,18). The van der Waals surface area contributed by atoms with Gasteiger partial charge in [0.25, 0.3) is 0 Å². The lowest BCUT2D eigenvalue weighted by molar-refractivity contribution is 0.535. The molecular weight excluding hydrogens is 224 g/mol. The molecule has 0 spiro atoms. The largest absolute Gasteiger partial charge is 0.373 e. The molecule has 4 nitrogen and oxygen atoms in total. The Hall–Kier alpha value is -1.32. The maximum Gasteiger partial charge on any atom is 0.134 e. The Bertz CT molecular complexity index is 413. The van der Waals surface area contributed by atoms with Crippen molar-refractivity contribution in [2.75, 3.05) is 24.2 Å². The van der Waals surface area contributed by atoms with Gasteiger partial charge in [0, 0.05) is 25.6 Å².